The molecular formula is C56H37NO. The van der Waals surface area contributed by atoms with Gasteiger partial charge in [0.2, 0.25) is 0 Å². The number of fused-ring (bicyclic) bond motifs is 5. The fourth-order valence-electron chi connectivity index (χ4n) is 8.60. The summed E-state index contributed by atoms with van der Waals surface area (Å²) < 4.78 is 6.59. The zero-order valence-corrected chi connectivity index (χ0v) is 31.7. The van der Waals surface area contributed by atoms with Gasteiger partial charge in [-0.2, -0.15) is 0 Å². The lowest BCUT2D eigenvalue weighted by Gasteiger charge is -2.28. The molecule has 0 aliphatic rings. The molecule has 0 bridgehead atoms. The van der Waals surface area contributed by atoms with Crippen molar-refractivity contribution >= 4 is 60.5 Å². The molecule has 0 amide bonds. The van der Waals surface area contributed by atoms with Crippen molar-refractivity contribution < 1.29 is 4.42 Å². The summed E-state index contributed by atoms with van der Waals surface area (Å²) >= 11 is 0. The van der Waals surface area contributed by atoms with Crippen molar-refractivity contribution in [2.24, 2.45) is 0 Å². The molecule has 0 aliphatic heterocycles. The van der Waals surface area contributed by atoms with Gasteiger partial charge in [0.1, 0.15) is 11.2 Å². The number of benzene rings is 10. The monoisotopic (exact) mass is 739 g/mol. The summed E-state index contributed by atoms with van der Waals surface area (Å²) in [5.41, 5.74) is 14.3. The van der Waals surface area contributed by atoms with Crippen LogP contribution in [0.25, 0.3) is 88.0 Å². The number of hydrogen-bond acceptors (Lipinski definition) is 2. The van der Waals surface area contributed by atoms with Crippen molar-refractivity contribution in [3.05, 3.63) is 224 Å². The summed E-state index contributed by atoms with van der Waals surface area (Å²) in [4.78, 5) is 2.37. The second-order valence-corrected chi connectivity index (χ2v) is 14.9. The normalized spacial score (nSPS) is 11.4. The Morgan fingerprint density at radius 1 is 0.293 bits per heavy atom. The van der Waals surface area contributed by atoms with E-state index in [4.69, 9.17) is 4.42 Å². The molecule has 0 radical (unpaired) electrons. The predicted molar refractivity (Wildman–Crippen MR) is 245 cm³/mol. The second kappa shape index (κ2) is 14.1. The van der Waals surface area contributed by atoms with Crippen LogP contribution in [-0.2, 0) is 0 Å². The van der Waals surface area contributed by atoms with E-state index in [1.54, 1.807) is 0 Å². The minimum atomic E-state index is 0.892. The lowest BCUT2D eigenvalue weighted by atomic mass is 9.96. The largest absolute Gasteiger partial charge is 0.455 e. The third-order valence-corrected chi connectivity index (χ3v) is 11.5. The first-order valence-electron chi connectivity index (χ1n) is 19.8. The van der Waals surface area contributed by atoms with Crippen LogP contribution < -0.4 is 4.90 Å². The van der Waals surface area contributed by atoms with Gasteiger partial charge < -0.3 is 9.32 Å². The van der Waals surface area contributed by atoms with Gasteiger partial charge >= 0.3 is 0 Å². The summed E-state index contributed by atoms with van der Waals surface area (Å²) in [6, 6.07) is 80.7. The maximum absolute atomic E-state index is 6.59. The van der Waals surface area contributed by atoms with Gasteiger partial charge in [-0.3, -0.25) is 0 Å². The molecule has 0 N–H and O–H groups in total. The molecule has 58 heavy (non-hydrogen) atoms. The Hall–Kier alpha value is -7.68. The van der Waals surface area contributed by atoms with Crippen LogP contribution in [0.2, 0.25) is 0 Å². The van der Waals surface area contributed by atoms with Crippen molar-refractivity contribution in [1.29, 1.82) is 0 Å². The lowest BCUT2D eigenvalue weighted by Crippen LogP contribution is -2.11. The van der Waals surface area contributed by atoms with E-state index >= 15 is 0 Å². The van der Waals surface area contributed by atoms with Crippen molar-refractivity contribution in [3.8, 4) is 44.5 Å². The van der Waals surface area contributed by atoms with Crippen LogP contribution in [0, 0.1) is 0 Å². The number of anilines is 3. The number of hydrogen-bond donors (Lipinski definition) is 0. The van der Waals surface area contributed by atoms with Gasteiger partial charge in [-0.05, 0) is 103 Å². The van der Waals surface area contributed by atoms with E-state index in [9.17, 15) is 0 Å². The van der Waals surface area contributed by atoms with Crippen LogP contribution in [0.1, 0.15) is 0 Å². The highest BCUT2D eigenvalue weighted by molar-refractivity contribution is 6.11. The van der Waals surface area contributed by atoms with Gasteiger partial charge in [-0.1, -0.05) is 176 Å². The average molecular weight is 740 g/mol. The molecule has 0 unspecified atom stereocenters. The Morgan fingerprint density at radius 3 is 1.66 bits per heavy atom. The second-order valence-electron chi connectivity index (χ2n) is 14.9. The molecule has 2 heteroatoms. The predicted octanol–water partition coefficient (Wildman–Crippen LogP) is 16.0. The van der Waals surface area contributed by atoms with Gasteiger partial charge in [0.25, 0.3) is 0 Å². The summed E-state index contributed by atoms with van der Waals surface area (Å²) in [6.07, 6.45) is 0. The van der Waals surface area contributed by atoms with Crippen LogP contribution in [0.4, 0.5) is 17.1 Å². The zero-order chi connectivity index (χ0) is 38.4. The number of nitrogens with zero attached hydrogens (tertiary/aromatic N) is 1. The molecule has 0 aliphatic carbocycles. The Balaban J connectivity index is 1.03. The van der Waals surface area contributed by atoms with Gasteiger partial charge in [0.05, 0.1) is 5.69 Å². The molecule has 0 spiro atoms. The molecule has 0 fully saturated rings. The average Bonchev–Trinajstić information content (AvgIpc) is 3.69. The third-order valence-electron chi connectivity index (χ3n) is 11.5. The first-order valence-corrected chi connectivity index (χ1v) is 19.8. The van der Waals surface area contributed by atoms with E-state index in [0.29, 0.717) is 0 Å². The highest BCUT2D eigenvalue weighted by atomic mass is 16.3. The Kier molecular flexibility index (Phi) is 8.19. The zero-order valence-electron chi connectivity index (χ0n) is 31.7. The van der Waals surface area contributed by atoms with E-state index in [1.807, 2.05) is 12.1 Å². The van der Waals surface area contributed by atoms with Crippen molar-refractivity contribution in [2.75, 3.05) is 4.90 Å². The number of para-hydroxylation sites is 3. The van der Waals surface area contributed by atoms with E-state index in [-0.39, 0.29) is 0 Å². The van der Waals surface area contributed by atoms with E-state index in [2.05, 4.69) is 217 Å². The molecule has 0 saturated carbocycles. The van der Waals surface area contributed by atoms with Gasteiger partial charge in [-0.25, -0.2) is 0 Å². The van der Waals surface area contributed by atoms with Crippen molar-refractivity contribution in [1.82, 2.24) is 0 Å². The minimum absolute atomic E-state index is 0.892. The van der Waals surface area contributed by atoms with E-state index < -0.39 is 0 Å². The maximum atomic E-state index is 6.59. The number of furan rings is 1. The Morgan fingerprint density at radius 2 is 0.828 bits per heavy atom. The lowest BCUT2D eigenvalue weighted by molar-refractivity contribution is 0.670. The third kappa shape index (κ3) is 5.91. The van der Waals surface area contributed by atoms with Crippen molar-refractivity contribution in [2.45, 2.75) is 0 Å². The molecule has 0 saturated heterocycles. The maximum Gasteiger partial charge on any atom is 0.143 e. The smallest absolute Gasteiger partial charge is 0.143 e. The minimum Gasteiger partial charge on any atom is -0.455 e. The summed E-state index contributed by atoms with van der Waals surface area (Å²) in [5, 5.41) is 7.22. The first kappa shape index (κ1) is 33.6. The Bertz CT molecular complexity index is 3280. The topological polar surface area (TPSA) is 16.4 Å². The van der Waals surface area contributed by atoms with Crippen LogP contribution in [0.5, 0.6) is 0 Å². The Labute approximate surface area is 337 Å². The highest BCUT2D eigenvalue weighted by Gasteiger charge is 2.21. The van der Waals surface area contributed by atoms with Crippen LogP contribution >= 0.6 is 0 Å². The molecule has 1 heterocycles. The summed E-state index contributed by atoms with van der Waals surface area (Å²) in [7, 11) is 0. The van der Waals surface area contributed by atoms with Gasteiger partial charge in [0, 0.05) is 33.3 Å². The molecule has 1 aromatic heterocycles. The highest BCUT2D eigenvalue weighted by Crippen LogP contribution is 2.45. The van der Waals surface area contributed by atoms with E-state index in [0.717, 1.165) is 55.7 Å². The SMILES string of the molecule is c1cc(-c2ccc(N(c3ccc(-c4cccc5ccccc45)cc3)c3ccccc3-c3cccc4c3oc3ccccc34)cc2)cc(-c2ccc3ccccc3c2)c1. The quantitative estimate of drug-likeness (QED) is 0.162. The summed E-state index contributed by atoms with van der Waals surface area (Å²) in [6.45, 7) is 0. The molecule has 11 aromatic rings. The number of rotatable bonds is 7. The molecular weight excluding hydrogens is 703 g/mol. The fraction of sp³-hybridized carbons (Fsp3) is 0. The van der Waals surface area contributed by atoms with Gasteiger partial charge in [0.15, 0.2) is 0 Å². The van der Waals surface area contributed by atoms with Gasteiger partial charge in [-0.15, -0.1) is 0 Å². The first-order chi connectivity index (χ1) is 28.7. The molecule has 2 nitrogen and oxygen atoms in total. The van der Waals surface area contributed by atoms with Crippen LogP contribution in [-0.4, -0.2) is 0 Å². The standard InChI is InChI=1S/C56H37NO/c1-2-14-42-37-45(27-26-38(42)12-1)44-17-9-16-43(36-44)39-28-32-46(33-29-39)57(47-34-30-41(31-35-47)49-21-10-15-40-13-3-4-18-48(40)49)54-24-7-5-19-50(54)52-22-11-23-53-51-20-6-8-25-55(51)58-56(52)53/h1-37H. The van der Waals surface area contributed by atoms with Crippen molar-refractivity contribution in [3.63, 3.8) is 0 Å². The van der Waals surface area contributed by atoms with Crippen LogP contribution in [0.15, 0.2) is 229 Å². The van der Waals surface area contributed by atoms with Crippen LogP contribution in [0.3, 0.4) is 0 Å². The fourth-order valence-corrected chi connectivity index (χ4v) is 8.60. The molecule has 10 aromatic carbocycles. The van der Waals surface area contributed by atoms with E-state index in [1.165, 1.54) is 49.4 Å². The molecule has 272 valence electrons. The molecule has 11 rings (SSSR count). The molecule has 0 atom stereocenters. The summed E-state index contributed by atoms with van der Waals surface area (Å²) in [5.74, 6) is 0.